The number of amides is 1. The van der Waals surface area contributed by atoms with Gasteiger partial charge in [-0.05, 0) is 24.3 Å². The lowest BCUT2D eigenvalue weighted by Crippen LogP contribution is -2.32. The molecule has 0 unspecified atom stereocenters. The van der Waals surface area contributed by atoms with Gasteiger partial charge in [-0.25, -0.2) is 4.68 Å². The Bertz CT molecular complexity index is 743. The van der Waals surface area contributed by atoms with Crippen molar-refractivity contribution in [2.45, 2.75) is 31.3 Å². The Balaban J connectivity index is 1.78. The number of halogens is 1. The van der Waals surface area contributed by atoms with Crippen LogP contribution in [0.25, 0.3) is 0 Å². The quantitative estimate of drug-likeness (QED) is 0.570. The molecule has 1 heterocycles. The summed E-state index contributed by atoms with van der Waals surface area (Å²) in [5.41, 5.74) is -0.208. The Labute approximate surface area is 162 Å². The monoisotopic (exact) mass is 397 g/mol. The van der Waals surface area contributed by atoms with Crippen LogP contribution in [-0.2, 0) is 10.2 Å². The van der Waals surface area contributed by atoms with Gasteiger partial charge in [-0.1, -0.05) is 44.1 Å². The molecule has 1 amide bonds. The molecule has 0 saturated carbocycles. The van der Waals surface area contributed by atoms with Gasteiger partial charge in [0.2, 0.25) is 11.1 Å². The summed E-state index contributed by atoms with van der Waals surface area (Å²) in [6.07, 6.45) is 0. The second kappa shape index (κ2) is 8.64. The van der Waals surface area contributed by atoms with Crippen molar-refractivity contribution in [2.24, 2.45) is 0 Å². The van der Waals surface area contributed by atoms with Gasteiger partial charge >= 0.3 is 0 Å². The van der Waals surface area contributed by atoms with E-state index < -0.39 is 0 Å². The molecule has 0 fully saturated rings. The van der Waals surface area contributed by atoms with Crippen molar-refractivity contribution in [1.29, 1.82) is 0 Å². The maximum atomic E-state index is 12.3. The van der Waals surface area contributed by atoms with E-state index in [-0.39, 0.29) is 17.1 Å². The van der Waals surface area contributed by atoms with Crippen molar-refractivity contribution in [3.63, 3.8) is 0 Å². The minimum atomic E-state index is -0.208. The fourth-order valence-electron chi connectivity index (χ4n) is 2.08. The van der Waals surface area contributed by atoms with Crippen molar-refractivity contribution in [3.8, 4) is 5.75 Å². The van der Waals surface area contributed by atoms with E-state index in [1.807, 2.05) is 20.8 Å². The number of ether oxygens (including phenoxy) is 1. The van der Waals surface area contributed by atoms with Crippen LogP contribution >= 0.6 is 23.4 Å². The smallest absolute Gasteiger partial charge is 0.232 e. The SMILES string of the molecule is CN(CCOc1ccc(Cl)cc1)C(=O)CSc1nnc(C(C)(C)C)n1N. The molecule has 7 nitrogen and oxygen atoms in total. The van der Waals surface area contributed by atoms with Gasteiger partial charge in [0.05, 0.1) is 12.3 Å². The highest BCUT2D eigenvalue weighted by molar-refractivity contribution is 7.99. The minimum Gasteiger partial charge on any atom is -0.492 e. The first-order valence-corrected chi connectivity index (χ1v) is 9.51. The fourth-order valence-corrected chi connectivity index (χ4v) is 3.00. The van der Waals surface area contributed by atoms with Gasteiger partial charge in [0.25, 0.3) is 0 Å². The van der Waals surface area contributed by atoms with Crippen LogP contribution in [0.15, 0.2) is 29.4 Å². The average Bonchev–Trinajstić information content (AvgIpc) is 2.95. The lowest BCUT2D eigenvalue weighted by Gasteiger charge is -2.18. The highest BCUT2D eigenvalue weighted by atomic mass is 35.5. The number of thioether (sulfide) groups is 1. The number of nitrogen functional groups attached to an aromatic ring is 1. The normalized spacial score (nSPS) is 11.4. The molecule has 2 aromatic rings. The highest BCUT2D eigenvalue weighted by Crippen LogP contribution is 2.23. The molecule has 0 atom stereocenters. The summed E-state index contributed by atoms with van der Waals surface area (Å²) < 4.78 is 7.04. The molecule has 9 heteroatoms. The van der Waals surface area contributed by atoms with Crippen LogP contribution in [-0.4, -0.2) is 51.6 Å². The molecule has 0 saturated heterocycles. The lowest BCUT2D eigenvalue weighted by molar-refractivity contribution is -0.127. The maximum Gasteiger partial charge on any atom is 0.232 e. The van der Waals surface area contributed by atoms with Crippen molar-refractivity contribution in [3.05, 3.63) is 35.1 Å². The zero-order chi connectivity index (χ0) is 19.3. The topological polar surface area (TPSA) is 86.3 Å². The van der Waals surface area contributed by atoms with Gasteiger partial charge in [-0.2, -0.15) is 0 Å². The first kappa shape index (κ1) is 20.4. The molecule has 2 N–H and O–H groups in total. The third kappa shape index (κ3) is 5.54. The molecule has 0 spiro atoms. The summed E-state index contributed by atoms with van der Waals surface area (Å²) in [5, 5.41) is 9.36. The van der Waals surface area contributed by atoms with E-state index in [9.17, 15) is 4.79 Å². The van der Waals surface area contributed by atoms with Crippen LogP contribution in [0.4, 0.5) is 0 Å². The van der Waals surface area contributed by atoms with Gasteiger partial charge < -0.3 is 15.5 Å². The molecular formula is C17H24ClN5O2S. The zero-order valence-electron chi connectivity index (χ0n) is 15.4. The second-order valence-corrected chi connectivity index (χ2v) is 8.21. The number of hydrogen-bond acceptors (Lipinski definition) is 6. The third-order valence-corrected chi connectivity index (χ3v) is 4.77. The van der Waals surface area contributed by atoms with Crippen molar-refractivity contribution < 1.29 is 9.53 Å². The van der Waals surface area contributed by atoms with Gasteiger partial charge in [0.1, 0.15) is 12.4 Å². The Morgan fingerprint density at radius 2 is 1.96 bits per heavy atom. The number of benzene rings is 1. The van der Waals surface area contributed by atoms with Gasteiger partial charge in [0, 0.05) is 17.5 Å². The van der Waals surface area contributed by atoms with E-state index in [0.717, 1.165) is 5.75 Å². The van der Waals surface area contributed by atoms with Gasteiger partial charge in [-0.3, -0.25) is 4.79 Å². The predicted octanol–water partition coefficient (Wildman–Crippen LogP) is 2.57. The van der Waals surface area contributed by atoms with Crippen LogP contribution < -0.4 is 10.6 Å². The molecule has 1 aromatic carbocycles. The molecular weight excluding hydrogens is 374 g/mol. The predicted molar refractivity (Wildman–Crippen MR) is 104 cm³/mol. The van der Waals surface area contributed by atoms with Crippen LogP contribution in [0.1, 0.15) is 26.6 Å². The molecule has 0 bridgehead atoms. The molecule has 0 aliphatic carbocycles. The van der Waals surface area contributed by atoms with E-state index in [4.69, 9.17) is 22.2 Å². The standard InChI is InChI=1S/C17H24ClN5O2S/c1-17(2,3)15-20-21-16(23(15)19)26-11-14(24)22(4)9-10-25-13-7-5-12(18)6-8-13/h5-8H,9-11,19H2,1-4H3. The largest absolute Gasteiger partial charge is 0.492 e. The number of nitrogens with two attached hydrogens (primary N) is 1. The Hall–Kier alpha value is -1.93. The van der Waals surface area contributed by atoms with E-state index in [0.29, 0.717) is 29.2 Å². The van der Waals surface area contributed by atoms with Crippen molar-refractivity contribution in [1.82, 2.24) is 19.8 Å². The van der Waals surface area contributed by atoms with Gasteiger partial charge in [-0.15, -0.1) is 10.2 Å². The number of rotatable bonds is 7. The summed E-state index contributed by atoms with van der Waals surface area (Å²) in [6, 6.07) is 7.11. The highest BCUT2D eigenvalue weighted by Gasteiger charge is 2.23. The molecule has 1 aromatic heterocycles. The van der Waals surface area contributed by atoms with E-state index >= 15 is 0 Å². The first-order chi connectivity index (χ1) is 12.2. The van der Waals surface area contributed by atoms with E-state index in [2.05, 4.69) is 10.2 Å². The van der Waals surface area contributed by atoms with E-state index in [1.54, 1.807) is 36.2 Å². The summed E-state index contributed by atoms with van der Waals surface area (Å²) in [6.45, 7) is 6.90. The zero-order valence-corrected chi connectivity index (χ0v) is 17.0. The van der Waals surface area contributed by atoms with Crippen LogP contribution in [0.5, 0.6) is 5.75 Å². The Kier molecular flexibility index (Phi) is 6.77. The number of likely N-dealkylation sites (N-methyl/N-ethyl adjacent to an activating group) is 1. The molecule has 2 rings (SSSR count). The molecule has 0 aliphatic heterocycles. The molecule has 142 valence electrons. The summed E-state index contributed by atoms with van der Waals surface area (Å²) in [4.78, 5) is 13.9. The van der Waals surface area contributed by atoms with Crippen LogP contribution in [0, 0.1) is 0 Å². The van der Waals surface area contributed by atoms with Crippen molar-refractivity contribution >= 4 is 29.3 Å². The number of hydrogen-bond donors (Lipinski definition) is 1. The Morgan fingerprint density at radius 1 is 1.31 bits per heavy atom. The lowest BCUT2D eigenvalue weighted by atomic mass is 9.96. The third-order valence-electron chi connectivity index (χ3n) is 3.59. The average molecular weight is 398 g/mol. The number of aromatic nitrogens is 3. The van der Waals surface area contributed by atoms with Crippen LogP contribution in [0.2, 0.25) is 5.02 Å². The number of carbonyl (C=O) groups is 1. The molecule has 0 radical (unpaired) electrons. The summed E-state index contributed by atoms with van der Waals surface area (Å²) >= 11 is 7.10. The van der Waals surface area contributed by atoms with E-state index in [1.165, 1.54) is 16.4 Å². The Morgan fingerprint density at radius 3 is 2.54 bits per heavy atom. The molecule has 26 heavy (non-hydrogen) atoms. The van der Waals surface area contributed by atoms with Crippen molar-refractivity contribution in [2.75, 3.05) is 31.8 Å². The van der Waals surface area contributed by atoms with Gasteiger partial charge in [0.15, 0.2) is 5.82 Å². The number of carbonyl (C=O) groups excluding carboxylic acids is 1. The number of nitrogens with zero attached hydrogens (tertiary/aromatic N) is 4. The first-order valence-electron chi connectivity index (χ1n) is 8.14. The second-order valence-electron chi connectivity index (χ2n) is 6.83. The summed E-state index contributed by atoms with van der Waals surface area (Å²) in [5.74, 6) is 7.62. The molecule has 0 aliphatic rings. The fraction of sp³-hybridized carbons (Fsp3) is 0.471. The summed E-state index contributed by atoms with van der Waals surface area (Å²) in [7, 11) is 1.74. The maximum absolute atomic E-state index is 12.3. The minimum absolute atomic E-state index is 0.0324. The van der Waals surface area contributed by atoms with Crippen LogP contribution in [0.3, 0.4) is 0 Å².